The Bertz CT molecular complexity index is 958. The second-order valence-corrected chi connectivity index (χ2v) is 6.11. The Labute approximate surface area is 162 Å². The van der Waals surface area contributed by atoms with E-state index in [1.807, 2.05) is 25.1 Å². The van der Waals surface area contributed by atoms with E-state index in [1.54, 1.807) is 11.7 Å². The van der Waals surface area contributed by atoms with Crippen LogP contribution in [0.5, 0.6) is 17.8 Å². The first-order valence-corrected chi connectivity index (χ1v) is 8.99. The van der Waals surface area contributed by atoms with Crippen molar-refractivity contribution in [1.29, 1.82) is 0 Å². The van der Waals surface area contributed by atoms with Crippen molar-refractivity contribution in [2.75, 3.05) is 32.5 Å². The molecule has 0 bridgehead atoms. The third kappa shape index (κ3) is 4.07. The molecule has 6 N–H and O–H groups in total. The molecular formula is C18H25N7O3. The van der Waals surface area contributed by atoms with Crippen molar-refractivity contribution < 1.29 is 14.6 Å². The van der Waals surface area contributed by atoms with E-state index in [0.29, 0.717) is 43.2 Å². The third-order valence-corrected chi connectivity index (χ3v) is 4.18. The van der Waals surface area contributed by atoms with Crippen molar-refractivity contribution in [2.24, 2.45) is 5.73 Å². The van der Waals surface area contributed by atoms with Crippen LogP contribution in [0.1, 0.15) is 18.1 Å². The molecule has 3 aromatic rings. The first-order valence-electron chi connectivity index (χ1n) is 8.99. The highest BCUT2D eigenvalue weighted by Crippen LogP contribution is 2.28. The molecule has 0 aliphatic carbocycles. The van der Waals surface area contributed by atoms with E-state index in [2.05, 4.69) is 20.3 Å². The minimum atomic E-state index is -0.208. The number of fused-ring (bicyclic) bond motifs is 1. The van der Waals surface area contributed by atoms with Crippen LogP contribution in [0.15, 0.2) is 18.2 Å². The Morgan fingerprint density at radius 1 is 1.25 bits per heavy atom. The number of hydrogen-bond acceptors (Lipinski definition) is 9. The maximum absolute atomic E-state index is 10.3. The summed E-state index contributed by atoms with van der Waals surface area (Å²) in [4.78, 5) is 12.5. The Morgan fingerprint density at radius 3 is 2.79 bits per heavy atom. The number of nitrogen functional groups attached to an aromatic ring is 1. The Hall–Kier alpha value is -3.11. The Balaban J connectivity index is 1.94. The van der Waals surface area contributed by atoms with Gasteiger partial charge in [-0.05, 0) is 18.6 Å². The molecule has 10 heteroatoms. The highest BCUT2D eigenvalue weighted by molar-refractivity contribution is 5.83. The molecule has 0 spiro atoms. The Morgan fingerprint density at radius 2 is 2.07 bits per heavy atom. The van der Waals surface area contributed by atoms with Gasteiger partial charge in [0.15, 0.2) is 17.0 Å². The number of nitrogens with one attached hydrogen (secondary N) is 1. The zero-order valence-corrected chi connectivity index (χ0v) is 16.0. The van der Waals surface area contributed by atoms with Crippen molar-refractivity contribution in [3.05, 3.63) is 29.3 Å². The molecule has 28 heavy (non-hydrogen) atoms. The largest absolute Gasteiger partial charge is 0.496 e. The SMILES string of the molecule is CCOc1nc(N)c2nc(O)n(Cc3ccc(CNCCN)cc3OC)c2n1. The van der Waals surface area contributed by atoms with Crippen molar-refractivity contribution in [3.8, 4) is 17.8 Å². The topological polar surface area (TPSA) is 146 Å². The quantitative estimate of drug-likeness (QED) is 0.388. The minimum Gasteiger partial charge on any atom is -0.496 e. The molecule has 0 unspecified atom stereocenters. The van der Waals surface area contributed by atoms with E-state index >= 15 is 0 Å². The van der Waals surface area contributed by atoms with Gasteiger partial charge in [-0.25, -0.2) is 0 Å². The molecule has 1 aromatic carbocycles. The number of nitrogens with zero attached hydrogens (tertiary/aromatic N) is 4. The van der Waals surface area contributed by atoms with Gasteiger partial charge >= 0.3 is 6.01 Å². The highest BCUT2D eigenvalue weighted by Gasteiger charge is 2.18. The van der Waals surface area contributed by atoms with Crippen LogP contribution in [0.4, 0.5) is 5.82 Å². The maximum atomic E-state index is 10.3. The van der Waals surface area contributed by atoms with E-state index < -0.39 is 0 Å². The van der Waals surface area contributed by atoms with Crippen LogP contribution in [-0.2, 0) is 13.1 Å². The summed E-state index contributed by atoms with van der Waals surface area (Å²) in [6.45, 7) is 4.53. The predicted molar refractivity (Wildman–Crippen MR) is 105 cm³/mol. The van der Waals surface area contributed by atoms with E-state index in [1.165, 1.54) is 0 Å². The highest BCUT2D eigenvalue weighted by atomic mass is 16.5. The van der Waals surface area contributed by atoms with Crippen LogP contribution in [0.3, 0.4) is 0 Å². The lowest BCUT2D eigenvalue weighted by Crippen LogP contribution is -2.21. The average molecular weight is 387 g/mol. The van der Waals surface area contributed by atoms with Gasteiger partial charge in [0.1, 0.15) is 5.75 Å². The summed E-state index contributed by atoms with van der Waals surface area (Å²) in [5.41, 5.74) is 14.1. The lowest BCUT2D eigenvalue weighted by atomic mass is 10.1. The number of ether oxygens (including phenoxy) is 2. The second-order valence-electron chi connectivity index (χ2n) is 6.11. The van der Waals surface area contributed by atoms with Gasteiger partial charge in [-0.2, -0.15) is 15.0 Å². The van der Waals surface area contributed by atoms with Crippen LogP contribution >= 0.6 is 0 Å². The number of hydrogen-bond donors (Lipinski definition) is 4. The van der Waals surface area contributed by atoms with Crippen molar-refractivity contribution in [1.82, 2.24) is 24.8 Å². The molecule has 150 valence electrons. The van der Waals surface area contributed by atoms with Crippen LogP contribution in [-0.4, -0.2) is 51.4 Å². The fraction of sp³-hybridized carbons (Fsp3) is 0.389. The average Bonchev–Trinajstić information content (AvgIpc) is 2.99. The molecule has 0 saturated heterocycles. The van der Waals surface area contributed by atoms with E-state index in [-0.39, 0.29) is 17.8 Å². The number of aromatic nitrogens is 4. The molecule has 0 amide bonds. The number of aromatic hydroxyl groups is 1. The summed E-state index contributed by atoms with van der Waals surface area (Å²) >= 11 is 0. The standard InChI is InChI=1S/C18H25N7O3/c1-3-28-17-23-15(20)14-16(24-17)25(18(26)22-14)10-12-5-4-11(8-13(12)27-2)9-21-7-6-19/h4-5,8,21H,3,6-7,9-10,19H2,1-2H3,(H,22,26)(H2,20,23,24). The molecular weight excluding hydrogens is 362 g/mol. The Kier molecular flexibility index (Phi) is 6.12. The number of methoxy groups -OCH3 is 1. The van der Waals surface area contributed by atoms with Crippen molar-refractivity contribution in [2.45, 2.75) is 20.0 Å². The van der Waals surface area contributed by atoms with Gasteiger partial charge in [0.25, 0.3) is 6.01 Å². The van der Waals surface area contributed by atoms with Gasteiger partial charge in [0.2, 0.25) is 0 Å². The maximum Gasteiger partial charge on any atom is 0.320 e. The minimum absolute atomic E-state index is 0.141. The van der Waals surface area contributed by atoms with Crippen LogP contribution in [0.2, 0.25) is 0 Å². The number of nitrogens with two attached hydrogens (primary N) is 2. The van der Waals surface area contributed by atoms with Gasteiger partial charge in [0, 0.05) is 25.2 Å². The molecule has 0 saturated carbocycles. The van der Waals surface area contributed by atoms with E-state index in [4.69, 9.17) is 20.9 Å². The molecule has 0 atom stereocenters. The fourth-order valence-corrected chi connectivity index (χ4v) is 2.86. The summed E-state index contributed by atoms with van der Waals surface area (Å²) in [5.74, 6) is 0.844. The van der Waals surface area contributed by atoms with Gasteiger partial charge in [0.05, 0.1) is 20.3 Å². The van der Waals surface area contributed by atoms with Gasteiger partial charge in [-0.15, -0.1) is 0 Å². The molecule has 0 radical (unpaired) electrons. The molecule has 0 aliphatic rings. The third-order valence-electron chi connectivity index (χ3n) is 4.18. The van der Waals surface area contributed by atoms with Gasteiger partial charge in [-0.3, -0.25) is 4.57 Å². The summed E-state index contributed by atoms with van der Waals surface area (Å²) in [6.07, 6.45) is 0. The second kappa shape index (κ2) is 8.72. The molecule has 2 heterocycles. The van der Waals surface area contributed by atoms with Crippen LogP contribution in [0.25, 0.3) is 11.2 Å². The molecule has 10 nitrogen and oxygen atoms in total. The smallest absolute Gasteiger partial charge is 0.320 e. The number of anilines is 1. The summed E-state index contributed by atoms with van der Waals surface area (Å²) < 4.78 is 12.4. The first kappa shape index (κ1) is 19.6. The number of rotatable bonds is 9. The van der Waals surface area contributed by atoms with Crippen LogP contribution in [0, 0.1) is 0 Å². The predicted octanol–water partition coefficient (Wildman–Crippen LogP) is 0.618. The van der Waals surface area contributed by atoms with Crippen molar-refractivity contribution in [3.63, 3.8) is 0 Å². The van der Waals surface area contributed by atoms with Crippen LogP contribution < -0.4 is 26.3 Å². The monoisotopic (exact) mass is 387 g/mol. The van der Waals surface area contributed by atoms with Gasteiger partial charge < -0.3 is 31.4 Å². The summed E-state index contributed by atoms with van der Waals surface area (Å²) in [6, 6.07) is 5.82. The lowest BCUT2D eigenvalue weighted by molar-refractivity contribution is 0.314. The molecule has 0 fully saturated rings. The van der Waals surface area contributed by atoms with E-state index in [9.17, 15) is 5.11 Å². The molecule has 0 aliphatic heterocycles. The number of imidazole rings is 1. The molecule has 3 rings (SSSR count). The normalized spacial score (nSPS) is 11.1. The summed E-state index contributed by atoms with van der Waals surface area (Å²) in [7, 11) is 1.61. The van der Waals surface area contributed by atoms with Gasteiger partial charge in [-0.1, -0.05) is 12.1 Å². The lowest BCUT2D eigenvalue weighted by Gasteiger charge is -2.13. The zero-order chi connectivity index (χ0) is 20.1. The number of benzene rings is 1. The fourth-order valence-electron chi connectivity index (χ4n) is 2.86. The first-order chi connectivity index (χ1) is 13.6. The van der Waals surface area contributed by atoms with Crippen molar-refractivity contribution >= 4 is 17.0 Å². The zero-order valence-electron chi connectivity index (χ0n) is 16.0. The summed E-state index contributed by atoms with van der Waals surface area (Å²) in [5, 5.41) is 13.6. The molecule has 2 aromatic heterocycles. The van der Waals surface area contributed by atoms with E-state index in [0.717, 1.165) is 17.7 Å².